The third-order valence-electron chi connectivity index (χ3n) is 3.91. The predicted molar refractivity (Wildman–Crippen MR) is 97.6 cm³/mol. The maximum absolute atomic E-state index is 12.4. The summed E-state index contributed by atoms with van der Waals surface area (Å²) in [6, 6.07) is 11.1. The molecule has 0 saturated carbocycles. The number of amides is 1. The fraction of sp³-hybridized carbons (Fsp3) is 0.294. The van der Waals surface area contributed by atoms with Crippen LogP contribution in [-0.4, -0.2) is 46.4 Å². The summed E-state index contributed by atoms with van der Waals surface area (Å²) >= 11 is 1.65. The highest BCUT2D eigenvalue weighted by molar-refractivity contribution is 7.10. The molecule has 0 spiro atoms. The van der Waals surface area contributed by atoms with E-state index < -0.39 is 0 Å². The molecule has 2 heterocycles. The molecule has 1 unspecified atom stereocenters. The maximum atomic E-state index is 12.4. The Balaban J connectivity index is 1.68. The van der Waals surface area contributed by atoms with Crippen LogP contribution in [0.2, 0.25) is 0 Å². The fourth-order valence-corrected chi connectivity index (χ4v) is 3.47. The van der Waals surface area contributed by atoms with Crippen molar-refractivity contribution in [1.82, 2.24) is 25.2 Å². The van der Waals surface area contributed by atoms with Crippen molar-refractivity contribution in [2.75, 3.05) is 20.6 Å². The molecule has 3 rings (SSSR count). The minimum Gasteiger partial charge on any atom is -0.353 e. The highest BCUT2D eigenvalue weighted by Crippen LogP contribution is 2.22. The van der Waals surface area contributed by atoms with E-state index in [1.807, 2.05) is 36.5 Å². The van der Waals surface area contributed by atoms with Gasteiger partial charge < -0.3 is 10.2 Å². The predicted octanol–water partition coefficient (Wildman–Crippen LogP) is 1.27. The van der Waals surface area contributed by atoms with E-state index in [1.165, 1.54) is 4.88 Å². The minimum atomic E-state index is -0.317. The Labute approximate surface area is 148 Å². The van der Waals surface area contributed by atoms with Crippen LogP contribution in [0.15, 0.2) is 46.6 Å². The largest absolute Gasteiger partial charge is 0.353 e. The first-order chi connectivity index (χ1) is 12.1. The van der Waals surface area contributed by atoms with Gasteiger partial charge in [-0.25, -0.2) is 4.68 Å². The number of hydrogen-bond acceptors (Lipinski definition) is 6. The van der Waals surface area contributed by atoms with E-state index in [-0.39, 0.29) is 24.1 Å². The van der Waals surface area contributed by atoms with E-state index in [2.05, 4.69) is 15.6 Å². The highest BCUT2D eigenvalue weighted by Gasteiger charge is 2.17. The lowest BCUT2D eigenvalue weighted by Gasteiger charge is -2.23. The van der Waals surface area contributed by atoms with Gasteiger partial charge in [0, 0.05) is 11.4 Å². The van der Waals surface area contributed by atoms with Gasteiger partial charge in [0.15, 0.2) is 0 Å². The number of fused-ring (bicyclic) bond motifs is 1. The number of carbonyl (C=O) groups excluding carboxylic acids is 1. The summed E-state index contributed by atoms with van der Waals surface area (Å²) in [4.78, 5) is 27.8. The number of likely N-dealkylation sites (N-methyl/N-ethyl adjacent to an activating group) is 1. The van der Waals surface area contributed by atoms with Crippen molar-refractivity contribution in [2.45, 2.75) is 12.6 Å². The number of hydrogen-bond donors (Lipinski definition) is 1. The molecular weight excluding hydrogens is 338 g/mol. The number of rotatable bonds is 6. The summed E-state index contributed by atoms with van der Waals surface area (Å²) in [6.45, 7) is 0.309. The molecule has 7 nitrogen and oxygen atoms in total. The van der Waals surface area contributed by atoms with Crippen LogP contribution in [0.4, 0.5) is 0 Å². The normalized spacial score (nSPS) is 12.4. The lowest BCUT2D eigenvalue weighted by Crippen LogP contribution is -2.38. The van der Waals surface area contributed by atoms with Crippen LogP contribution in [-0.2, 0) is 11.3 Å². The third kappa shape index (κ3) is 3.92. The second-order valence-corrected chi connectivity index (χ2v) is 6.85. The molecule has 1 aromatic carbocycles. The number of nitrogens with zero attached hydrogens (tertiary/aromatic N) is 4. The molecule has 0 aliphatic carbocycles. The fourth-order valence-electron chi connectivity index (χ4n) is 2.55. The number of thiophene rings is 1. The van der Waals surface area contributed by atoms with Crippen LogP contribution in [0.5, 0.6) is 0 Å². The topological polar surface area (TPSA) is 80.1 Å². The average Bonchev–Trinajstić information content (AvgIpc) is 3.12. The molecule has 130 valence electrons. The van der Waals surface area contributed by atoms with Crippen LogP contribution in [0.1, 0.15) is 10.9 Å². The van der Waals surface area contributed by atoms with Crippen LogP contribution >= 0.6 is 11.3 Å². The number of benzene rings is 1. The van der Waals surface area contributed by atoms with Crippen molar-refractivity contribution in [1.29, 1.82) is 0 Å². The summed E-state index contributed by atoms with van der Waals surface area (Å²) in [5.41, 5.74) is 0.206. The smallest absolute Gasteiger partial charge is 0.278 e. The van der Waals surface area contributed by atoms with Gasteiger partial charge in [-0.15, -0.1) is 16.4 Å². The third-order valence-corrected chi connectivity index (χ3v) is 4.88. The van der Waals surface area contributed by atoms with Gasteiger partial charge in [-0.05, 0) is 37.7 Å². The molecular formula is C17H19N5O2S. The standard InChI is InChI=1S/C17H19N5O2S/c1-21(2)14(15-8-5-9-25-15)10-18-16(23)11-22-17(24)12-6-3-4-7-13(12)19-20-22/h3-9,14H,10-11H2,1-2H3,(H,18,23). The van der Waals surface area contributed by atoms with Crippen molar-refractivity contribution in [3.8, 4) is 0 Å². The Bertz CT molecular complexity index is 920. The summed E-state index contributed by atoms with van der Waals surface area (Å²) in [6.07, 6.45) is 0. The molecule has 0 aliphatic heterocycles. The summed E-state index contributed by atoms with van der Waals surface area (Å²) in [5.74, 6) is -0.268. The molecule has 1 amide bonds. The van der Waals surface area contributed by atoms with Crippen LogP contribution < -0.4 is 10.9 Å². The van der Waals surface area contributed by atoms with Gasteiger partial charge in [-0.2, -0.15) is 0 Å². The molecule has 0 fully saturated rings. The lowest BCUT2D eigenvalue weighted by molar-refractivity contribution is -0.122. The zero-order chi connectivity index (χ0) is 17.8. The van der Waals surface area contributed by atoms with E-state index >= 15 is 0 Å². The summed E-state index contributed by atoms with van der Waals surface area (Å²) in [5, 5.41) is 13.2. The molecule has 25 heavy (non-hydrogen) atoms. The molecule has 3 aromatic rings. The first-order valence-corrected chi connectivity index (χ1v) is 8.73. The Morgan fingerprint density at radius 2 is 2.08 bits per heavy atom. The van der Waals surface area contributed by atoms with E-state index in [0.717, 1.165) is 4.68 Å². The first kappa shape index (κ1) is 17.2. The van der Waals surface area contributed by atoms with E-state index in [9.17, 15) is 9.59 Å². The SMILES string of the molecule is CN(C)C(CNC(=O)Cn1nnc2ccccc2c1=O)c1cccs1. The first-order valence-electron chi connectivity index (χ1n) is 7.85. The average molecular weight is 357 g/mol. The van der Waals surface area contributed by atoms with Gasteiger partial charge in [-0.1, -0.05) is 23.4 Å². The molecule has 1 N–H and O–H groups in total. The second kappa shape index (κ2) is 7.54. The molecule has 2 aromatic heterocycles. The zero-order valence-corrected chi connectivity index (χ0v) is 14.9. The molecule has 0 bridgehead atoms. The summed E-state index contributed by atoms with van der Waals surface area (Å²) < 4.78 is 1.09. The van der Waals surface area contributed by atoms with Crippen molar-refractivity contribution in [3.63, 3.8) is 0 Å². The van der Waals surface area contributed by atoms with E-state index in [4.69, 9.17) is 0 Å². The van der Waals surface area contributed by atoms with Crippen molar-refractivity contribution in [2.24, 2.45) is 0 Å². The molecule has 0 saturated heterocycles. The van der Waals surface area contributed by atoms with Gasteiger partial charge in [0.25, 0.3) is 5.56 Å². The van der Waals surface area contributed by atoms with E-state index in [1.54, 1.807) is 35.6 Å². The Hall–Kier alpha value is -2.58. The number of carbonyl (C=O) groups is 1. The van der Waals surface area contributed by atoms with Gasteiger partial charge in [0.1, 0.15) is 12.1 Å². The number of nitrogens with one attached hydrogen (secondary N) is 1. The quantitative estimate of drug-likeness (QED) is 0.719. The Morgan fingerprint density at radius 3 is 2.80 bits per heavy atom. The van der Waals surface area contributed by atoms with Crippen molar-refractivity contribution >= 4 is 28.1 Å². The van der Waals surface area contributed by atoms with Gasteiger partial charge in [-0.3, -0.25) is 9.59 Å². The monoisotopic (exact) mass is 357 g/mol. The number of aromatic nitrogens is 3. The Morgan fingerprint density at radius 1 is 1.28 bits per heavy atom. The van der Waals surface area contributed by atoms with Crippen molar-refractivity contribution in [3.05, 3.63) is 57.0 Å². The van der Waals surface area contributed by atoms with Crippen LogP contribution in [0.25, 0.3) is 10.9 Å². The summed E-state index contributed by atoms with van der Waals surface area (Å²) in [7, 11) is 3.94. The maximum Gasteiger partial charge on any atom is 0.278 e. The molecule has 0 radical (unpaired) electrons. The zero-order valence-electron chi connectivity index (χ0n) is 14.0. The molecule has 8 heteroatoms. The molecule has 0 aliphatic rings. The van der Waals surface area contributed by atoms with Crippen LogP contribution in [0.3, 0.4) is 0 Å². The second-order valence-electron chi connectivity index (χ2n) is 5.87. The molecule has 1 atom stereocenters. The lowest BCUT2D eigenvalue weighted by atomic mass is 10.2. The van der Waals surface area contributed by atoms with Gasteiger partial charge in [0.05, 0.1) is 11.4 Å². The van der Waals surface area contributed by atoms with E-state index in [0.29, 0.717) is 17.4 Å². The minimum absolute atomic E-state index is 0.0864. The van der Waals surface area contributed by atoms with Gasteiger partial charge in [0.2, 0.25) is 5.91 Å². The van der Waals surface area contributed by atoms with Crippen LogP contribution in [0, 0.1) is 0 Å². The highest BCUT2D eigenvalue weighted by atomic mass is 32.1. The van der Waals surface area contributed by atoms with Gasteiger partial charge >= 0.3 is 0 Å². The Kier molecular flexibility index (Phi) is 5.20. The van der Waals surface area contributed by atoms with Crippen molar-refractivity contribution < 1.29 is 4.79 Å².